The van der Waals surface area contributed by atoms with Crippen LogP contribution in [0.5, 0.6) is 5.75 Å². The highest BCUT2D eigenvalue weighted by Gasteiger charge is 2.28. The number of hydrogen-bond acceptors (Lipinski definition) is 5. The number of aromatic nitrogens is 2. The van der Waals surface area contributed by atoms with Crippen LogP contribution in [0.3, 0.4) is 0 Å². The van der Waals surface area contributed by atoms with E-state index in [9.17, 15) is 8.42 Å². The molecule has 6 nitrogen and oxygen atoms in total. The second-order valence-corrected chi connectivity index (χ2v) is 12.4. The third-order valence-electron chi connectivity index (χ3n) is 5.58. The molecule has 2 aromatic carbocycles. The van der Waals surface area contributed by atoms with Gasteiger partial charge in [0.15, 0.2) is 0 Å². The zero-order valence-corrected chi connectivity index (χ0v) is 22.0. The Labute approximate surface area is 208 Å². The topological polar surface area (TPSA) is 72.7 Å². The van der Waals surface area contributed by atoms with E-state index in [1.165, 1.54) is 12.1 Å². The van der Waals surface area contributed by atoms with Gasteiger partial charge in [-0.25, -0.2) is 4.98 Å². The summed E-state index contributed by atoms with van der Waals surface area (Å²) in [5.74, 6) is 1.15. The number of fused-ring (bicyclic) bond motifs is 1. The molecule has 0 saturated carbocycles. The van der Waals surface area contributed by atoms with Crippen LogP contribution in [0.15, 0.2) is 77.8 Å². The fourth-order valence-electron chi connectivity index (χ4n) is 4.59. The molecule has 2 aromatic heterocycles. The molecule has 1 N–H and O–H groups in total. The van der Waals surface area contributed by atoms with Crippen molar-refractivity contribution in [1.82, 2.24) is 9.38 Å². The number of aryl methyl sites for hydroxylation is 1. The van der Waals surface area contributed by atoms with E-state index in [0.717, 1.165) is 34.7 Å². The minimum atomic E-state index is -3.90. The largest absolute Gasteiger partial charge is 0.379 e. The predicted molar refractivity (Wildman–Crippen MR) is 141 cm³/mol. The summed E-state index contributed by atoms with van der Waals surface area (Å²) in [6.07, 6.45) is 2.99. The third kappa shape index (κ3) is 5.85. The summed E-state index contributed by atoms with van der Waals surface area (Å²) in [7, 11) is -3.90. The zero-order chi connectivity index (χ0) is 25.4. The van der Waals surface area contributed by atoms with Gasteiger partial charge in [-0.2, -0.15) is 8.42 Å². The minimum absolute atomic E-state index is 0.118. The SMILES string of the molecule is Cc1ccn2c(NC(C)(C)CC(C)(C)C)c(-c3ccc(OS(=O)(=O)c4ccccc4)cc3)nc2c1. The van der Waals surface area contributed by atoms with Crippen molar-refractivity contribution in [2.75, 3.05) is 5.32 Å². The Balaban J connectivity index is 1.69. The Morgan fingerprint density at radius 2 is 1.60 bits per heavy atom. The molecule has 0 fully saturated rings. The molecule has 0 amide bonds. The smallest absolute Gasteiger partial charge is 0.339 e. The maximum absolute atomic E-state index is 12.6. The molecule has 0 aliphatic heterocycles. The van der Waals surface area contributed by atoms with Crippen LogP contribution in [0.4, 0.5) is 5.82 Å². The highest BCUT2D eigenvalue weighted by Crippen LogP contribution is 2.35. The second kappa shape index (κ2) is 9.04. The number of rotatable bonds is 7. The lowest BCUT2D eigenvalue weighted by Crippen LogP contribution is -2.36. The van der Waals surface area contributed by atoms with Crippen LogP contribution in [0.25, 0.3) is 16.9 Å². The van der Waals surface area contributed by atoms with E-state index in [2.05, 4.69) is 56.5 Å². The molecule has 4 aromatic rings. The number of nitrogens with one attached hydrogen (secondary N) is 1. The van der Waals surface area contributed by atoms with Crippen LogP contribution in [0, 0.1) is 12.3 Å². The zero-order valence-electron chi connectivity index (χ0n) is 21.2. The Kier molecular flexibility index (Phi) is 6.40. The molecule has 35 heavy (non-hydrogen) atoms. The fraction of sp³-hybridized carbons (Fsp3) is 0.321. The van der Waals surface area contributed by atoms with E-state index in [0.29, 0.717) is 0 Å². The lowest BCUT2D eigenvalue weighted by atomic mass is 9.82. The molecular formula is C28H33N3O3S. The fourth-order valence-corrected chi connectivity index (χ4v) is 5.54. The lowest BCUT2D eigenvalue weighted by molar-refractivity contribution is 0.302. The summed E-state index contributed by atoms with van der Waals surface area (Å²) in [6.45, 7) is 13.1. The number of anilines is 1. The second-order valence-electron chi connectivity index (χ2n) is 10.9. The van der Waals surface area contributed by atoms with Gasteiger partial charge in [-0.15, -0.1) is 0 Å². The average Bonchev–Trinajstić information content (AvgIpc) is 3.09. The number of benzene rings is 2. The van der Waals surface area contributed by atoms with Crippen molar-refractivity contribution in [2.24, 2.45) is 5.41 Å². The molecule has 0 atom stereocenters. The number of hydrogen-bond donors (Lipinski definition) is 1. The Morgan fingerprint density at radius 1 is 0.943 bits per heavy atom. The van der Waals surface area contributed by atoms with Gasteiger partial charge in [-0.3, -0.25) is 4.40 Å². The van der Waals surface area contributed by atoms with Gasteiger partial charge in [0.2, 0.25) is 0 Å². The number of imidazole rings is 1. The highest BCUT2D eigenvalue weighted by atomic mass is 32.2. The molecule has 0 aliphatic rings. The molecule has 184 valence electrons. The summed E-state index contributed by atoms with van der Waals surface area (Å²) < 4.78 is 32.6. The summed E-state index contributed by atoms with van der Waals surface area (Å²) >= 11 is 0. The Hall–Kier alpha value is -3.32. The van der Waals surface area contributed by atoms with Gasteiger partial charge in [0.1, 0.15) is 27.8 Å². The van der Waals surface area contributed by atoms with Crippen LogP contribution in [0.2, 0.25) is 0 Å². The maximum atomic E-state index is 12.6. The summed E-state index contributed by atoms with van der Waals surface area (Å²) in [4.78, 5) is 5.04. The molecule has 7 heteroatoms. The molecule has 0 unspecified atom stereocenters. The van der Waals surface area contributed by atoms with Crippen molar-refractivity contribution >= 4 is 21.6 Å². The standard InChI is InChI=1S/C28H33N3O3S/c1-20-16-17-31-24(18-20)29-25(26(31)30-28(5,6)19-27(2,3)4)21-12-14-22(15-13-21)34-35(32,33)23-10-8-7-9-11-23/h7-18,30H,19H2,1-6H3. The van der Waals surface area contributed by atoms with E-state index in [1.807, 2.05) is 25.3 Å². The summed E-state index contributed by atoms with van der Waals surface area (Å²) in [5.41, 5.74) is 3.61. The van der Waals surface area contributed by atoms with Crippen molar-refractivity contribution in [3.05, 3.63) is 78.5 Å². The third-order valence-corrected chi connectivity index (χ3v) is 6.84. The van der Waals surface area contributed by atoms with Gasteiger partial charge in [0.05, 0.1) is 0 Å². The first kappa shape index (κ1) is 24.8. The van der Waals surface area contributed by atoms with Gasteiger partial charge in [-0.1, -0.05) is 39.0 Å². The summed E-state index contributed by atoms with van der Waals surface area (Å²) in [6, 6.07) is 19.2. The van der Waals surface area contributed by atoms with Gasteiger partial charge in [0.25, 0.3) is 0 Å². The van der Waals surface area contributed by atoms with Crippen molar-refractivity contribution in [3.63, 3.8) is 0 Å². The lowest BCUT2D eigenvalue weighted by Gasteiger charge is -2.34. The van der Waals surface area contributed by atoms with Gasteiger partial charge < -0.3 is 9.50 Å². The first-order valence-corrected chi connectivity index (χ1v) is 13.1. The normalized spacial score (nSPS) is 12.6. The quantitative estimate of drug-likeness (QED) is 0.291. The van der Waals surface area contributed by atoms with Crippen LogP contribution >= 0.6 is 0 Å². The van der Waals surface area contributed by atoms with E-state index in [4.69, 9.17) is 9.17 Å². The number of nitrogens with zero attached hydrogens (tertiary/aromatic N) is 2. The van der Waals surface area contributed by atoms with E-state index >= 15 is 0 Å². The molecule has 0 aliphatic carbocycles. The minimum Gasteiger partial charge on any atom is -0.379 e. The summed E-state index contributed by atoms with van der Waals surface area (Å²) in [5, 5.41) is 3.73. The van der Waals surface area contributed by atoms with Crippen molar-refractivity contribution in [1.29, 1.82) is 0 Å². The van der Waals surface area contributed by atoms with Crippen LogP contribution in [0.1, 0.15) is 46.6 Å². The molecule has 0 spiro atoms. The average molecular weight is 492 g/mol. The van der Waals surface area contributed by atoms with E-state index < -0.39 is 10.1 Å². The Morgan fingerprint density at radius 3 is 2.23 bits per heavy atom. The first-order chi connectivity index (χ1) is 16.3. The van der Waals surface area contributed by atoms with E-state index in [-0.39, 0.29) is 21.6 Å². The predicted octanol–water partition coefficient (Wildman–Crippen LogP) is 6.70. The van der Waals surface area contributed by atoms with Crippen LogP contribution in [-0.2, 0) is 10.1 Å². The van der Waals surface area contributed by atoms with Gasteiger partial charge in [0, 0.05) is 17.3 Å². The highest BCUT2D eigenvalue weighted by molar-refractivity contribution is 7.87. The monoisotopic (exact) mass is 491 g/mol. The molecule has 0 radical (unpaired) electrons. The van der Waals surface area contributed by atoms with Crippen molar-refractivity contribution < 1.29 is 12.6 Å². The molecular weight excluding hydrogens is 458 g/mol. The van der Waals surface area contributed by atoms with Crippen molar-refractivity contribution in [2.45, 2.75) is 58.4 Å². The van der Waals surface area contributed by atoms with Gasteiger partial charge >= 0.3 is 10.1 Å². The van der Waals surface area contributed by atoms with Crippen LogP contribution < -0.4 is 9.50 Å². The molecule has 2 heterocycles. The molecule has 0 saturated heterocycles. The maximum Gasteiger partial charge on any atom is 0.339 e. The molecule has 0 bridgehead atoms. The van der Waals surface area contributed by atoms with E-state index in [1.54, 1.807) is 30.3 Å². The van der Waals surface area contributed by atoms with Gasteiger partial charge in [-0.05, 0) is 86.7 Å². The first-order valence-electron chi connectivity index (χ1n) is 11.7. The van der Waals surface area contributed by atoms with Crippen molar-refractivity contribution in [3.8, 4) is 17.0 Å². The Bertz CT molecular complexity index is 1430. The van der Waals surface area contributed by atoms with Crippen LogP contribution in [-0.4, -0.2) is 23.3 Å². The molecule has 4 rings (SSSR count). The number of pyridine rings is 1.